The Morgan fingerprint density at radius 3 is 2.40 bits per heavy atom. The largest absolute Gasteiger partial charge is 0.465 e. The van der Waals surface area contributed by atoms with E-state index in [1.165, 1.54) is 21.8 Å². The highest BCUT2D eigenvalue weighted by molar-refractivity contribution is 6.14. The molecule has 12 heteroatoms. The zero-order valence-corrected chi connectivity index (χ0v) is 24.5. The first-order chi connectivity index (χ1) is 20.6. The summed E-state index contributed by atoms with van der Waals surface area (Å²) in [5, 5.41) is 9.88. The van der Waals surface area contributed by atoms with Crippen molar-refractivity contribution < 1.29 is 23.9 Å². The van der Waals surface area contributed by atoms with E-state index >= 15 is 0 Å². The van der Waals surface area contributed by atoms with E-state index in [2.05, 4.69) is 15.2 Å². The SMILES string of the molecule is CCOC(=O)Cn1ncc2c1-c1cc(C)ccc1[N+](C)(C(C(=O)OCC)n1ncc3c(=O)[nH]c4ccc(C)cc4c31)C2=O. The van der Waals surface area contributed by atoms with Crippen molar-refractivity contribution in [2.75, 3.05) is 20.3 Å². The van der Waals surface area contributed by atoms with Gasteiger partial charge in [-0.3, -0.25) is 14.3 Å². The lowest BCUT2D eigenvalue weighted by molar-refractivity contribution is -0.151. The molecule has 1 aliphatic heterocycles. The Hall–Kier alpha value is -5.10. The van der Waals surface area contributed by atoms with Gasteiger partial charge in [-0.2, -0.15) is 19.4 Å². The van der Waals surface area contributed by atoms with Gasteiger partial charge in [0.05, 0.1) is 60.3 Å². The summed E-state index contributed by atoms with van der Waals surface area (Å²) in [6.07, 6.45) is 1.46. The molecule has 0 bridgehead atoms. The topological polar surface area (TPSA) is 138 Å². The minimum absolute atomic E-state index is 0.0621. The van der Waals surface area contributed by atoms with Crippen LogP contribution in [0.5, 0.6) is 0 Å². The van der Waals surface area contributed by atoms with Crippen molar-refractivity contribution in [3.63, 3.8) is 0 Å². The number of pyridine rings is 1. The van der Waals surface area contributed by atoms with Crippen molar-refractivity contribution in [3.05, 3.63) is 75.8 Å². The van der Waals surface area contributed by atoms with Crippen molar-refractivity contribution in [1.82, 2.24) is 29.0 Å². The summed E-state index contributed by atoms with van der Waals surface area (Å²) in [6, 6.07) is 11.1. The molecule has 2 aromatic carbocycles. The normalized spacial score (nSPS) is 16.6. The molecule has 6 rings (SSSR count). The smallest absolute Gasteiger partial charge is 0.390 e. The highest BCUT2D eigenvalue weighted by Gasteiger charge is 2.55. The molecule has 0 radical (unpaired) electrons. The molecule has 1 N–H and O–H groups in total. The lowest BCUT2D eigenvalue weighted by Gasteiger charge is -2.40. The number of amides is 1. The molecule has 0 aliphatic carbocycles. The number of quaternary nitrogens is 1. The third-order valence-corrected chi connectivity index (χ3v) is 7.92. The predicted octanol–water partition coefficient (Wildman–Crippen LogP) is 3.77. The molecule has 0 saturated heterocycles. The molecule has 5 aromatic rings. The zero-order valence-electron chi connectivity index (χ0n) is 24.5. The second-order valence-corrected chi connectivity index (χ2v) is 10.8. The third-order valence-electron chi connectivity index (χ3n) is 7.92. The molecular weight excluding hydrogens is 552 g/mol. The second-order valence-electron chi connectivity index (χ2n) is 10.8. The van der Waals surface area contributed by atoms with Crippen LogP contribution in [0.3, 0.4) is 0 Å². The average Bonchev–Trinajstić information content (AvgIpc) is 3.58. The van der Waals surface area contributed by atoms with E-state index < -0.39 is 28.5 Å². The summed E-state index contributed by atoms with van der Waals surface area (Å²) in [6.45, 7) is 7.33. The monoisotopic (exact) mass is 583 g/mol. The van der Waals surface area contributed by atoms with Gasteiger partial charge in [-0.05, 0) is 45.9 Å². The number of hydrogen-bond donors (Lipinski definition) is 1. The Bertz CT molecular complexity index is 2020. The van der Waals surface area contributed by atoms with Crippen LogP contribution < -0.4 is 10.0 Å². The van der Waals surface area contributed by atoms with E-state index in [0.717, 1.165) is 11.1 Å². The number of rotatable bonds is 7. The van der Waals surface area contributed by atoms with Gasteiger partial charge in [0.25, 0.3) is 11.7 Å². The van der Waals surface area contributed by atoms with Crippen molar-refractivity contribution in [1.29, 1.82) is 0 Å². The van der Waals surface area contributed by atoms with Crippen LogP contribution >= 0.6 is 0 Å². The Labute approximate surface area is 246 Å². The number of aryl methyl sites for hydroxylation is 2. The van der Waals surface area contributed by atoms with Gasteiger partial charge < -0.3 is 14.5 Å². The van der Waals surface area contributed by atoms with Crippen LogP contribution in [0.1, 0.15) is 41.5 Å². The molecule has 1 amide bonds. The fourth-order valence-corrected chi connectivity index (χ4v) is 6.00. The van der Waals surface area contributed by atoms with Gasteiger partial charge in [-0.15, -0.1) is 0 Å². The number of nitrogens with one attached hydrogen (secondary N) is 1. The van der Waals surface area contributed by atoms with Crippen LogP contribution in [0.25, 0.3) is 33.1 Å². The number of hydrogen-bond acceptors (Lipinski definition) is 8. The number of ether oxygens (including phenoxy) is 2. The molecule has 3 aromatic heterocycles. The van der Waals surface area contributed by atoms with Crippen LogP contribution in [0.15, 0.2) is 53.6 Å². The fraction of sp³-hybridized carbons (Fsp3) is 0.290. The number of benzene rings is 2. The van der Waals surface area contributed by atoms with Gasteiger partial charge in [0, 0.05) is 11.5 Å². The summed E-state index contributed by atoms with van der Waals surface area (Å²) < 4.78 is 13.0. The molecule has 220 valence electrons. The van der Waals surface area contributed by atoms with Crippen molar-refractivity contribution in [2.45, 2.75) is 40.4 Å². The Morgan fingerprint density at radius 1 is 0.930 bits per heavy atom. The highest BCUT2D eigenvalue weighted by Crippen LogP contribution is 2.47. The van der Waals surface area contributed by atoms with Gasteiger partial charge >= 0.3 is 17.8 Å². The molecule has 0 saturated carbocycles. The second kappa shape index (κ2) is 10.3. The summed E-state index contributed by atoms with van der Waals surface area (Å²) in [4.78, 5) is 57.1. The van der Waals surface area contributed by atoms with E-state index in [0.29, 0.717) is 33.4 Å². The van der Waals surface area contributed by atoms with Crippen LogP contribution in [-0.4, -0.2) is 62.7 Å². The Balaban J connectivity index is 1.65. The first kappa shape index (κ1) is 28.0. The molecular formula is C31H31N6O6+. The average molecular weight is 584 g/mol. The minimum atomic E-state index is -1.35. The third kappa shape index (κ3) is 4.24. The minimum Gasteiger partial charge on any atom is -0.465 e. The standard InChI is InChI=1S/C31H30N6O6/c1-6-42-25(38)16-35-26-20-13-18(4)9-11-24(20)37(5,30(40)22(26)15-32-35)29(31(41)43-7-2)36-27-19-12-17(3)8-10-23(19)34-28(39)21(27)14-33-36/h8-15,29H,6-7,16H2,1-5H3/p+1. The number of carbonyl (C=O) groups excluding carboxylic acids is 3. The molecule has 2 atom stereocenters. The molecule has 0 spiro atoms. The van der Waals surface area contributed by atoms with Crippen LogP contribution in [0.2, 0.25) is 0 Å². The lowest BCUT2D eigenvalue weighted by atomic mass is 9.94. The van der Waals surface area contributed by atoms with Crippen molar-refractivity contribution in [3.8, 4) is 11.3 Å². The van der Waals surface area contributed by atoms with Gasteiger partial charge in [-0.1, -0.05) is 23.3 Å². The van der Waals surface area contributed by atoms with Gasteiger partial charge in [0.2, 0.25) is 0 Å². The summed E-state index contributed by atoms with van der Waals surface area (Å²) >= 11 is 0. The maximum Gasteiger partial charge on any atom is 0.390 e. The molecule has 4 heterocycles. The molecule has 12 nitrogen and oxygen atoms in total. The van der Waals surface area contributed by atoms with E-state index in [9.17, 15) is 19.2 Å². The fourth-order valence-electron chi connectivity index (χ4n) is 6.00. The Morgan fingerprint density at radius 2 is 1.65 bits per heavy atom. The molecule has 43 heavy (non-hydrogen) atoms. The maximum atomic E-state index is 14.7. The first-order valence-corrected chi connectivity index (χ1v) is 14.0. The first-order valence-electron chi connectivity index (χ1n) is 14.0. The number of aromatic amines is 1. The summed E-state index contributed by atoms with van der Waals surface area (Å²) in [5.41, 5.74) is 4.25. The number of H-pyrrole nitrogens is 1. The van der Waals surface area contributed by atoms with E-state index in [4.69, 9.17) is 9.47 Å². The molecule has 0 fully saturated rings. The van der Waals surface area contributed by atoms with Gasteiger partial charge in [0.15, 0.2) is 5.69 Å². The quantitative estimate of drug-likeness (QED) is 0.226. The lowest BCUT2D eigenvalue weighted by Crippen LogP contribution is -2.59. The van der Waals surface area contributed by atoms with E-state index in [1.807, 2.05) is 38.1 Å². The predicted molar refractivity (Wildman–Crippen MR) is 159 cm³/mol. The molecule has 2 unspecified atom stereocenters. The summed E-state index contributed by atoms with van der Waals surface area (Å²) in [5.74, 6) is -1.63. The molecule has 1 aliphatic rings. The number of aromatic nitrogens is 5. The van der Waals surface area contributed by atoms with Gasteiger partial charge in [0.1, 0.15) is 12.1 Å². The van der Waals surface area contributed by atoms with Crippen LogP contribution in [0.4, 0.5) is 5.69 Å². The number of fused-ring (bicyclic) bond motifs is 6. The van der Waals surface area contributed by atoms with Gasteiger partial charge in [-0.25, -0.2) is 9.59 Å². The maximum absolute atomic E-state index is 14.7. The van der Waals surface area contributed by atoms with E-state index in [-0.39, 0.29) is 36.3 Å². The van der Waals surface area contributed by atoms with Crippen molar-refractivity contribution >= 4 is 45.3 Å². The van der Waals surface area contributed by atoms with E-state index in [1.54, 1.807) is 33.0 Å². The van der Waals surface area contributed by atoms with Crippen LogP contribution in [-0.2, 0) is 25.6 Å². The number of esters is 2. The van der Waals surface area contributed by atoms with Crippen LogP contribution in [0, 0.1) is 13.8 Å². The zero-order chi connectivity index (χ0) is 30.6. The number of nitrogens with zero attached hydrogens (tertiary/aromatic N) is 5. The Kier molecular flexibility index (Phi) is 6.73. The van der Waals surface area contributed by atoms with Crippen molar-refractivity contribution in [2.24, 2.45) is 0 Å². The number of carbonyl (C=O) groups is 3. The summed E-state index contributed by atoms with van der Waals surface area (Å²) in [7, 11) is 1.64. The highest BCUT2D eigenvalue weighted by atomic mass is 16.5. The number of likely N-dealkylation sites (N-methyl/N-ethyl adjacent to an activating group) is 1.